The molecule has 66 valence electrons. The average Bonchev–Trinajstić information content (AvgIpc) is 1.97. The molecule has 0 aliphatic heterocycles. The molecule has 1 nitrogen and oxygen atoms in total. The number of aryl methyl sites for hydroxylation is 1. The van der Waals surface area contributed by atoms with Gasteiger partial charge in [0.15, 0.2) is 0 Å². The van der Waals surface area contributed by atoms with Crippen LogP contribution in [0.4, 0.5) is 4.39 Å². The van der Waals surface area contributed by atoms with Gasteiger partial charge in [0.1, 0.15) is 5.82 Å². The van der Waals surface area contributed by atoms with E-state index >= 15 is 0 Å². The van der Waals surface area contributed by atoms with Gasteiger partial charge in [0.25, 0.3) is 0 Å². The molecule has 0 spiro atoms. The lowest BCUT2D eigenvalue weighted by Gasteiger charge is -2.10. The van der Waals surface area contributed by atoms with Crippen LogP contribution in [0.15, 0.2) is 16.6 Å². The monoisotopic (exact) mass is 232 g/mol. The molecule has 0 aromatic heterocycles. The predicted molar refractivity (Wildman–Crippen MR) is 49.5 cm³/mol. The summed E-state index contributed by atoms with van der Waals surface area (Å²) >= 11 is 3.23. The molecule has 0 aliphatic carbocycles. The van der Waals surface area contributed by atoms with Gasteiger partial charge in [0.05, 0.1) is 6.10 Å². The van der Waals surface area contributed by atoms with Crippen LogP contribution in [0.5, 0.6) is 0 Å². The van der Waals surface area contributed by atoms with E-state index in [0.29, 0.717) is 10.0 Å². The lowest BCUT2D eigenvalue weighted by Crippen LogP contribution is -1.98. The Morgan fingerprint density at radius 1 is 1.50 bits per heavy atom. The second-order valence-electron chi connectivity index (χ2n) is 2.77. The molecule has 0 heterocycles. The Hall–Kier alpha value is -0.410. The van der Waals surface area contributed by atoms with Crippen LogP contribution in [-0.2, 0) is 0 Å². The Morgan fingerprint density at radius 2 is 2.08 bits per heavy atom. The summed E-state index contributed by atoms with van der Waals surface area (Å²) in [4.78, 5) is 0. The Bertz CT molecular complexity index is 297. The van der Waals surface area contributed by atoms with Crippen molar-refractivity contribution in [3.8, 4) is 0 Å². The van der Waals surface area contributed by atoms with Crippen LogP contribution in [0.1, 0.15) is 24.2 Å². The number of hydrogen-bond donors (Lipinski definition) is 1. The first-order valence-electron chi connectivity index (χ1n) is 3.66. The standard InChI is InChI=1S/C9H10BrFO/c1-5-3-4-7(11)8(6(2)12)9(5)10/h3-4,6,12H,1-2H3. The van der Waals surface area contributed by atoms with E-state index in [2.05, 4.69) is 15.9 Å². The second kappa shape index (κ2) is 3.54. The van der Waals surface area contributed by atoms with E-state index < -0.39 is 6.10 Å². The van der Waals surface area contributed by atoms with Crippen LogP contribution >= 0.6 is 15.9 Å². The fraction of sp³-hybridized carbons (Fsp3) is 0.333. The Kier molecular flexibility index (Phi) is 2.85. The number of hydrogen-bond acceptors (Lipinski definition) is 1. The summed E-state index contributed by atoms with van der Waals surface area (Å²) in [5, 5.41) is 9.24. The Labute approximate surface area is 79.4 Å². The minimum absolute atomic E-state index is 0.329. The summed E-state index contributed by atoms with van der Waals surface area (Å²) in [6, 6.07) is 3.04. The summed E-state index contributed by atoms with van der Waals surface area (Å²) in [5.41, 5.74) is 1.25. The molecule has 0 radical (unpaired) electrons. The molecule has 3 heteroatoms. The molecule has 1 atom stereocenters. The van der Waals surface area contributed by atoms with E-state index in [0.717, 1.165) is 5.56 Å². The third-order valence-corrected chi connectivity index (χ3v) is 2.79. The van der Waals surface area contributed by atoms with E-state index in [1.807, 2.05) is 6.92 Å². The molecule has 0 saturated heterocycles. The largest absolute Gasteiger partial charge is 0.389 e. The van der Waals surface area contributed by atoms with Crippen molar-refractivity contribution in [1.82, 2.24) is 0 Å². The summed E-state index contributed by atoms with van der Waals surface area (Å²) in [6.07, 6.45) is -0.778. The van der Waals surface area contributed by atoms with Gasteiger partial charge < -0.3 is 5.11 Å². The van der Waals surface area contributed by atoms with Gasteiger partial charge in [-0.1, -0.05) is 22.0 Å². The average molecular weight is 233 g/mol. The quantitative estimate of drug-likeness (QED) is 0.790. The second-order valence-corrected chi connectivity index (χ2v) is 3.56. The minimum atomic E-state index is -0.778. The first-order chi connectivity index (χ1) is 5.54. The summed E-state index contributed by atoms with van der Waals surface area (Å²) in [6.45, 7) is 3.40. The Balaban J connectivity index is 3.33. The van der Waals surface area contributed by atoms with E-state index in [9.17, 15) is 9.50 Å². The maximum atomic E-state index is 13.1. The van der Waals surface area contributed by atoms with Crippen molar-refractivity contribution >= 4 is 15.9 Å². The third-order valence-electron chi connectivity index (χ3n) is 1.74. The smallest absolute Gasteiger partial charge is 0.130 e. The highest BCUT2D eigenvalue weighted by atomic mass is 79.9. The molecular formula is C9H10BrFO. The van der Waals surface area contributed by atoms with Crippen LogP contribution < -0.4 is 0 Å². The van der Waals surface area contributed by atoms with E-state index in [4.69, 9.17) is 0 Å². The van der Waals surface area contributed by atoms with Crippen LogP contribution in [0, 0.1) is 12.7 Å². The SMILES string of the molecule is Cc1ccc(F)c(C(C)O)c1Br. The van der Waals surface area contributed by atoms with Crippen molar-refractivity contribution in [2.45, 2.75) is 20.0 Å². The lowest BCUT2D eigenvalue weighted by atomic mass is 10.1. The lowest BCUT2D eigenvalue weighted by molar-refractivity contribution is 0.193. The zero-order chi connectivity index (χ0) is 9.30. The molecular weight excluding hydrogens is 223 g/mol. The van der Waals surface area contributed by atoms with Gasteiger partial charge >= 0.3 is 0 Å². The molecule has 1 aromatic rings. The van der Waals surface area contributed by atoms with Crippen LogP contribution in [0.3, 0.4) is 0 Å². The number of benzene rings is 1. The van der Waals surface area contributed by atoms with Gasteiger partial charge in [-0.05, 0) is 25.5 Å². The highest BCUT2D eigenvalue weighted by molar-refractivity contribution is 9.10. The van der Waals surface area contributed by atoms with Crippen LogP contribution in [0.2, 0.25) is 0 Å². The zero-order valence-electron chi connectivity index (χ0n) is 6.94. The van der Waals surface area contributed by atoms with Crippen molar-refractivity contribution in [2.24, 2.45) is 0 Å². The van der Waals surface area contributed by atoms with Gasteiger partial charge in [-0.2, -0.15) is 0 Å². The number of aliphatic hydroxyl groups is 1. The first-order valence-corrected chi connectivity index (χ1v) is 4.46. The van der Waals surface area contributed by atoms with Crippen LogP contribution in [0.25, 0.3) is 0 Å². The van der Waals surface area contributed by atoms with Gasteiger partial charge in [-0.15, -0.1) is 0 Å². The van der Waals surface area contributed by atoms with Crippen molar-refractivity contribution in [3.05, 3.63) is 33.5 Å². The number of aliphatic hydroxyl groups excluding tert-OH is 1. The number of rotatable bonds is 1. The Morgan fingerprint density at radius 3 is 2.50 bits per heavy atom. The molecule has 1 aromatic carbocycles. The van der Waals surface area contributed by atoms with Gasteiger partial charge in [-0.25, -0.2) is 4.39 Å². The molecule has 1 rings (SSSR count). The van der Waals surface area contributed by atoms with Crippen LogP contribution in [-0.4, -0.2) is 5.11 Å². The summed E-state index contributed by atoms with van der Waals surface area (Å²) in [5.74, 6) is -0.373. The summed E-state index contributed by atoms with van der Waals surface area (Å²) < 4.78 is 13.7. The molecule has 0 amide bonds. The fourth-order valence-electron chi connectivity index (χ4n) is 1.06. The van der Waals surface area contributed by atoms with Gasteiger partial charge in [-0.3, -0.25) is 0 Å². The normalized spacial score (nSPS) is 13.1. The fourth-order valence-corrected chi connectivity index (χ4v) is 1.71. The molecule has 1 unspecified atom stereocenters. The third kappa shape index (κ3) is 1.67. The van der Waals surface area contributed by atoms with Gasteiger partial charge in [0.2, 0.25) is 0 Å². The van der Waals surface area contributed by atoms with Crippen molar-refractivity contribution in [3.63, 3.8) is 0 Å². The topological polar surface area (TPSA) is 20.2 Å². The maximum Gasteiger partial charge on any atom is 0.130 e. The molecule has 0 fully saturated rings. The van der Waals surface area contributed by atoms with Crippen molar-refractivity contribution < 1.29 is 9.50 Å². The number of halogens is 2. The molecule has 0 saturated carbocycles. The molecule has 1 N–H and O–H groups in total. The predicted octanol–water partition coefficient (Wildman–Crippen LogP) is 2.95. The van der Waals surface area contributed by atoms with E-state index in [1.165, 1.54) is 6.07 Å². The van der Waals surface area contributed by atoms with Gasteiger partial charge in [0, 0.05) is 10.0 Å². The summed E-state index contributed by atoms with van der Waals surface area (Å²) in [7, 11) is 0. The zero-order valence-corrected chi connectivity index (χ0v) is 8.52. The highest BCUT2D eigenvalue weighted by Crippen LogP contribution is 2.28. The van der Waals surface area contributed by atoms with E-state index in [1.54, 1.807) is 13.0 Å². The molecule has 0 bridgehead atoms. The minimum Gasteiger partial charge on any atom is -0.389 e. The maximum absolute atomic E-state index is 13.1. The van der Waals surface area contributed by atoms with E-state index in [-0.39, 0.29) is 5.82 Å². The molecule has 0 aliphatic rings. The molecule has 12 heavy (non-hydrogen) atoms. The first kappa shape index (κ1) is 9.68. The highest BCUT2D eigenvalue weighted by Gasteiger charge is 2.13. The van der Waals surface area contributed by atoms with Crippen molar-refractivity contribution in [2.75, 3.05) is 0 Å². The van der Waals surface area contributed by atoms with Crippen molar-refractivity contribution in [1.29, 1.82) is 0 Å².